The molecule has 8 aromatic rings. The second-order valence-electron chi connectivity index (χ2n) is 18.5. The van der Waals surface area contributed by atoms with Crippen LogP contribution in [0.15, 0.2) is 120 Å². The van der Waals surface area contributed by atoms with Crippen molar-refractivity contribution in [3.05, 3.63) is 155 Å². The first-order valence-electron chi connectivity index (χ1n) is 26.2. The number of furan rings is 1. The van der Waals surface area contributed by atoms with Crippen LogP contribution in [0.5, 0.6) is 0 Å². The summed E-state index contributed by atoms with van der Waals surface area (Å²) < 4.78 is 106. The van der Waals surface area contributed by atoms with Crippen LogP contribution in [0.3, 0.4) is 0 Å². The number of fused-ring (bicyclic) bond motifs is 5. The number of benzene rings is 5. The molecular weight excluding hydrogens is 909 g/mol. The van der Waals surface area contributed by atoms with Crippen LogP contribution in [0, 0.1) is 48.9 Å². The van der Waals surface area contributed by atoms with Crippen LogP contribution in [-0.4, -0.2) is 9.97 Å². The predicted molar refractivity (Wildman–Crippen MR) is 249 cm³/mol. The van der Waals surface area contributed by atoms with Crippen molar-refractivity contribution in [2.75, 3.05) is 0 Å². The Balaban J connectivity index is 0.000000211. The van der Waals surface area contributed by atoms with Crippen molar-refractivity contribution < 1.29 is 41.0 Å². The van der Waals surface area contributed by atoms with Gasteiger partial charge in [0.05, 0.1) is 5.58 Å². The molecule has 309 valence electrons. The Kier molecular flexibility index (Phi) is 8.49. The normalized spacial score (nSPS) is 19.4. The zero-order valence-corrected chi connectivity index (χ0v) is 37.6. The summed E-state index contributed by atoms with van der Waals surface area (Å²) in [6.45, 7) is 6.60. The molecule has 4 heteroatoms. The zero-order valence-electron chi connectivity index (χ0n) is 47.2. The first-order valence-corrected chi connectivity index (χ1v) is 20.2. The fourth-order valence-corrected chi connectivity index (χ4v) is 8.98. The van der Waals surface area contributed by atoms with Crippen LogP contribution in [0.1, 0.15) is 118 Å². The molecule has 3 aromatic heterocycles. The van der Waals surface area contributed by atoms with Crippen molar-refractivity contribution in [1.82, 2.24) is 9.97 Å². The van der Waals surface area contributed by atoms with Gasteiger partial charge in [0, 0.05) is 59.7 Å². The quantitative estimate of drug-likeness (QED) is 0.161. The number of nitrogens with zero attached hydrogens (tertiary/aromatic N) is 2. The number of hydrogen-bond donors (Lipinski definition) is 0. The molecule has 1 radical (unpaired) electrons. The fourth-order valence-electron chi connectivity index (χ4n) is 8.98. The SMILES string of the molecule is [2H]C([2H])([2H])c1c[c-]c(-c2cc(C([2H])([2H])C(C)(C)C)c(C([2H])([2H])[2H])cn2)cc1-c1ccccc1.[2H]C([2H])([2H])c1cnc(-c2[c-]ccc3c2oc2c4ccccc4ccc32)cc1C1([2H])CC(C)(C)CC(C)(C)C1.[Ir]. The van der Waals surface area contributed by atoms with Crippen molar-refractivity contribution in [1.29, 1.82) is 0 Å². The molecule has 1 aliphatic carbocycles. The molecule has 1 saturated carbocycles. The van der Waals surface area contributed by atoms with Crippen molar-refractivity contribution in [2.24, 2.45) is 16.2 Å². The van der Waals surface area contributed by atoms with Crippen LogP contribution in [0.4, 0.5) is 0 Å². The molecule has 1 aliphatic rings. The van der Waals surface area contributed by atoms with Gasteiger partial charge in [-0.25, -0.2) is 0 Å². The van der Waals surface area contributed by atoms with Crippen LogP contribution < -0.4 is 0 Å². The minimum Gasteiger partial charge on any atom is -0.500 e. The zero-order chi connectivity index (χ0) is 51.9. The predicted octanol–water partition coefficient (Wildman–Crippen LogP) is 15.6. The molecule has 5 aromatic carbocycles. The third kappa shape index (κ3) is 9.21. The number of rotatable bonds is 5. The molecule has 0 amide bonds. The molecule has 0 saturated heterocycles. The Morgan fingerprint density at radius 2 is 1.43 bits per heavy atom. The molecule has 1 fully saturated rings. The van der Waals surface area contributed by atoms with E-state index in [1.165, 1.54) is 24.5 Å². The summed E-state index contributed by atoms with van der Waals surface area (Å²) >= 11 is 0. The van der Waals surface area contributed by atoms with Crippen LogP contribution in [-0.2, 0) is 26.5 Å². The molecule has 3 heterocycles. The molecule has 0 N–H and O–H groups in total. The van der Waals surface area contributed by atoms with E-state index in [2.05, 4.69) is 74.1 Å². The van der Waals surface area contributed by atoms with E-state index in [-0.39, 0.29) is 53.2 Å². The van der Waals surface area contributed by atoms with E-state index in [0.29, 0.717) is 57.6 Å². The maximum atomic E-state index is 9.68. The van der Waals surface area contributed by atoms with Crippen LogP contribution >= 0.6 is 0 Å². The first kappa shape index (κ1) is 30.2. The maximum Gasteiger partial charge on any atom is 0.128 e. The van der Waals surface area contributed by atoms with Gasteiger partial charge in [0.25, 0.3) is 0 Å². The van der Waals surface area contributed by atoms with Gasteiger partial charge in [0.2, 0.25) is 0 Å². The topological polar surface area (TPSA) is 38.9 Å². The standard InChI is InChI=1S/C32H32NO.C24H26N.Ir/c1-20-18-33-28(15-27(20)22-16-31(2,3)19-32(4,5)17-22)26-12-8-11-24-25-14-13-21-9-6-7-10-23(21)29(25)34-30(24)26;1-17-11-12-20(13-22(17)19-9-7-6-8-10-19)23-14-21(15-24(3,4)5)18(2)16-25-23;/h6-11,13-15,18,22H,16-17,19H2,1-5H3;6-11,13-14,16H,15H2,1-5H3;/q2*-1;/i1D3,22D;1D3,2D3,15D2;. The molecule has 9 rings (SSSR count). The summed E-state index contributed by atoms with van der Waals surface area (Å²) in [5.74, 6) is -1.05. The summed E-state index contributed by atoms with van der Waals surface area (Å²) in [4.78, 5) is 8.92. The Morgan fingerprint density at radius 1 is 0.750 bits per heavy atom. The smallest absolute Gasteiger partial charge is 0.128 e. The van der Waals surface area contributed by atoms with Crippen molar-refractivity contribution >= 4 is 32.7 Å². The van der Waals surface area contributed by atoms with Gasteiger partial charge in [0.15, 0.2) is 0 Å². The van der Waals surface area contributed by atoms with Crippen molar-refractivity contribution in [3.63, 3.8) is 0 Å². The monoisotopic (exact) mass is 979 g/mol. The van der Waals surface area contributed by atoms with Gasteiger partial charge in [-0.15, -0.1) is 47.5 Å². The molecule has 60 heavy (non-hydrogen) atoms. The largest absolute Gasteiger partial charge is 0.500 e. The maximum absolute atomic E-state index is 9.68. The number of aromatic nitrogens is 2. The van der Waals surface area contributed by atoms with Crippen molar-refractivity contribution in [3.8, 4) is 33.6 Å². The molecule has 3 nitrogen and oxygen atoms in total. The summed E-state index contributed by atoms with van der Waals surface area (Å²) in [5, 5.41) is 4.12. The van der Waals surface area contributed by atoms with Gasteiger partial charge in [-0.1, -0.05) is 156 Å². The average Bonchev–Trinajstić information content (AvgIpc) is 3.66. The molecule has 0 atom stereocenters. The number of pyridine rings is 2. The minimum absolute atomic E-state index is 0. The molecule has 0 spiro atoms. The number of hydrogen-bond acceptors (Lipinski definition) is 3. The van der Waals surface area contributed by atoms with Crippen LogP contribution in [0.25, 0.3) is 66.4 Å². The van der Waals surface area contributed by atoms with Gasteiger partial charge in [0.1, 0.15) is 5.58 Å². The fraction of sp³-hybridized carbons (Fsp3) is 0.321. The van der Waals surface area contributed by atoms with Gasteiger partial charge in [-0.2, -0.15) is 0 Å². The van der Waals surface area contributed by atoms with E-state index in [1.54, 1.807) is 26.8 Å². The van der Waals surface area contributed by atoms with E-state index in [4.69, 9.17) is 19.5 Å². The molecule has 0 aliphatic heterocycles. The van der Waals surface area contributed by atoms with E-state index in [1.807, 2.05) is 60.7 Å². The molecular formula is C56H58IrN2O-2. The van der Waals surface area contributed by atoms with E-state index < -0.39 is 38.2 Å². The van der Waals surface area contributed by atoms with Gasteiger partial charge in [-0.3, -0.25) is 0 Å². The van der Waals surface area contributed by atoms with Gasteiger partial charge in [-0.05, 0) is 101 Å². The molecule has 0 unspecified atom stereocenters. The number of aryl methyl sites for hydroxylation is 3. The van der Waals surface area contributed by atoms with Crippen molar-refractivity contribution in [2.45, 2.75) is 101 Å². The average molecular weight is 979 g/mol. The molecule has 0 bridgehead atoms. The Bertz CT molecular complexity index is 3280. The summed E-state index contributed by atoms with van der Waals surface area (Å²) in [6.07, 6.45) is 2.83. The summed E-state index contributed by atoms with van der Waals surface area (Å²) in [5.41, 5.74) is 4.38. The van der Waals surface area contributed by atoms with Crippen LogP contribution in [0.2, 0.25) is 0 Å². The Morgan fingerprint density at radius 3 is 2.17 bits per heavy atom. The van der Waals surface area contributed by atoms with E-state index in [0.717, 1.165) is 33.5 Å². The van der Waals surface area contributed by atoms with E-state index >= 15 is 0 Å². The first-order chi connectivity index (χ1) is 32.8. The Labute approximate surface area is 388 Å². The summed E-state index contributed by atoms with van der Waals surface area (Å²) in [6, 6.07) is 37.9. The van der Waals surface area contributed by atoms with Gasteiger partial charge < -0.3 is 14.4 Å². The minimum atomic E-state index is -2.54. The summed E-state index contributed by atoms with van der Waals surface area (Å²) in [7, 11) is 0. The Hall–Kier alpha value is -4.89. The van der Waals surface area contributed by atoms with Gasteiger partial charge >= 0.3 is 0 Å². The third-order valence-electron chi connectivity index (χ3n) is 10.9. The second-order valence-corrected chi connectivity index (χ2v) is 18.5. The van der Waals surface area contributed by atoms with E-state index in [9.17, 15) is 1.37 Å². The third-order valence-corrected chi connectivity index (χ3v) is 10.9. The second kappa shape index (κ2) is 16.9.